The fourth-order valence-corrected chi connectivity index (χ4v) is 2.93. The first-order valence-electron chi connectivity index (χ1n) is 9.24. The summed E-state index contributed by atoms with van der Waals surface area (Å²) >= 11 is 0. The number of unbranched alkanes of at least 4 members (excludes halogenated alkanes) is 3. The van der Waals surface area contributed by atoms with Gasteiger partial charge in [0.2, 0.25) is 0 Å². The molecule has 0 aromatic carbocycles. The highest BCUT2D eigenvalue weighted by atomic mass is 16.4. The molecule has 1 atom stereocenters. The first-order chi connectivity index (χ1) is 12.3. The summed E-state index contributed by atoms with van der Waals surface area (Å²) in [6, 6.07) is 0. The Bertz CT molecular complexity index is 524. The molecule has 0 aromatic heterocycles. The molecule has 0 radical (unpaired) electrons. The second-order valence-corrected chi connectivity index (χ2v) is 7.05. The molecule has 1 aliphatic heterocycles. The van der Waals surface area contributed by atoms with Crippen LogP contribution in [0.25, 0.3) is 0 Å². The third-order valence-corrected chi connectivity index (χ3v) is 4.47. The summed E-state index contributed by atoms with van der Waals surface area (Å²) in [5.41, 5.74) is 0. The summed E-state index contributed by atoms with van der Waals surface area (Å²) < 4.78 is 0. The first-order valence-corrected chi connectivity index (χ1v) is 9.24. The number of carboxylic acids is 1. The van der Waals surface area contributed by atoms with E-state index in [0.29, 0.717) is 32.2 Å². The van der Waals surface area contributed by atoms with Crippen LogP contribution in [-0.4, -0.2) is 65.7 Å². The Morgan fingerprint density at radius 3 is 2.27 bits per heavy atom. The summed E-state index contributed by atoms with van der Waals surface area (Å²) in [7, 11) is 3.95. The summed E-state index contributed by atoms with van der Waals surface area (Å²) in [4.78, 5) is 49.4. The molecule has 1 aliphatic rings. The number of amides is 2. The van der Waals surface area contributed by atoms with Gasteiger partial charge in [0, 0.05) is 31.5 Å². The maximum atomic E-state index is 12.0. The molecule has 2 amide bonds. The Kier molecular flexibility index (Phi) is 9.80. The number of carbonyl (C=O) groups excluding carboxylic acids is 3. The molecule has 0 aromatic rings. The molecule has 0 saturated heterocycles. The van der Waals surface area contributed by atoms with Gasteiger partial charge in [-0.2, -0.15) is 0 Å². The highest BCUT2D eigenvalue weighted by molar-refractivity contribution is 6.12. The van der Waals surface area contributed by atoms with Crippen LogP contribution >= 0.6 is 0 Å². The van der Waals surface area contributed by atoms with Crippen LogP contribution in [0, 0.1) is 5.92 Å². The number of ketones is 1. The second kappa shape index (κ2) is 11.6. The number of hydrogen-bond donors (Lipinski definition) is 1. The number of aliphatic carboxylic acids is 1. The molecular weight excluding hydrogens is 336 g/mol. The van der Waals surface area contributed by atoms with Crippen molar-refractivity contribution < 1.29 is 24.3 Å². The molecule has 0 bridgehead atoms. The van der Waals surface area contributed by atoms with E-state index in [1.807, 2.05) is 14.1 Å². The summed E-state index contributed by atoms with van der Waals surface area (Å²) in [6.45, 7) is 1.28. The number of carbonyl (C=O) groups is 4. The quantitative estimate of drug-likeness (QED) is 0.372. The summed E-state index contributed by atoms with van der Waals surface area (Å²) in [6.07, 6.45) is 7.24. The van der Waals surface area contributed by atoms with Gasteiger partial charge in [-0.3, -0.25) is 24.1 Å². The van der Waals surface area contributed by atoms with Gasteiger partial charge in [-0.1, -0.05) is 12.8 Å². The largest absolute Gasteiger partial charge is 0.481 e. The number of hydrogen-bond acceptors (Lipinski definition) is 5. The van der Waals surface area contributed by atoms with Crippen LogP contribution < -0.4 is 0 Å². The predicted molar refractivity (Wildman–Crippen MR) is 97.5 cm³/mol. The van der Waals surface area contributed by atoms with Crippen LogP contribution in [0.5, 0.6) is 0 Å². The van der Waals surface area contributed by atoms with E-state index in [0.717, 1.165) is 25.8 Å². The molecule has 146 valence electrons. The lowest BCUT2D eigenvalue weighted by molar-refractivity contribution is -0.144. The van der Waals surface area contributed by atoms with Crippen molar-refractivity contribution in [3.63, 3.8) is 0 Å². The van der Waals surface area contributed by atoms with E-state index < -0.39 is 11.9 Å². The minimum absolute atomic E-state index is 0.0278. The maximum Gasteiger partial charge on any atom is 0.306 e. The first kappa shape index (κ1) is 22.0. The van der Waals surface area contributed by atoms with Crippen molar-refractivity contribution in [1.82, 2.24) is 9.80 Å². The smallest absolute Gasteiger partial charge is 0.306 e. The van der Waals surface area contributed by atoms with Crippen molar-refractivity contribution in [2.24, 2.45) is 5.92 Å². The molecule has 0 aliphatic carbocycles. The van der Waals surface area contributed by atoms with Crippen LogP contribution in [0.15, 0.2) is 12.2 Å². The normalized spacial score (nSPS) is 15.1. The molecule has 1 heterocycles. The molecule has 7 nitrogen and oxygen atoms in total. The molecule has 0 saturated carbocycles. The van der Waals surface area contributed by atoms with Crippen LogP contribution in [0.2, 0.25) is 0 Å². The van der Waals surface area contributed by atoms with Crippen LogP contribution in [0.4, 0.5) is 0 Å². The van der Waals surface area contributed by atoms with E-state index in [4.69, 9.17) is 0 Å². The molecule has 0 unspecified atom stereocenters. The fourth-order valence-electron chi connectivity index (χ4n) is 2.93. The van der Waals surface area contributed by atoms with E-state index in [9.17, 15) is 24.3 Å². The summed E-state index contributed by atoms with van der Waals surface area (Å²) in [5.74, 6) is -2.10. The van der Waals surface area contributed by atoms with Crippen LogP contribution in [-0.2, 0) is 19.2 Å². The van der Waals surface area contributed by atoms with Crippen molar-refractivity contribution in [2.45, 2.75) is 51.4 Å². The lowest BCUT2D eigenvalue weighted by Crippen LogP contribution is -2.30. The molecule has 26 heavy (non-hydrogen) atoms. The number of imide groups is 1. The Labute approximate surface area is 155 Å². The minimum atomic E-state index is -0.901. The summed E-state index contributed by atoms with van der Waals surface area (Å²) in [5, 5.41) is 9.27. The Morgan fingerprint density at radius 1 is 1.04 bits per heavy atom. The number of Topliss-reactive ketones (excluding diaryl/α,β-unsaturated/α-hetero) is 1. The molecule has 1 N–H and O–H groups in total. The van der Waals surface area contributed by atoms with Crippen molar-refractivity contribution in [1.29, 1.82) is 0 Å². The second-order valence-electron chi connectivity index (χ2n) is 7.05. The van der Waals surface area contributed by atoms with Gasteiger partial charge in [-0.05, 0) is 46.3 Å². The van der Waals surface area contributed by atoms with Crippen molar-refractivity contribution in [2.75, 3.05) is 27.2 Å². The molecule has 1 rings (SSSR count). The Hall–Kier alpha value is -2.02. The number of nitrogens with zero attached hydrogens (tertiary/aromatic N) is 2. The predicted octanol–water partition coefficient (Wildman–Crippen LogP) is 1.86. The topological polar surface area (TPSA) is 95.0 Å². The Balaban J connectivity index is 2.17. The van der Waals surface area contributed by atoms with E-state index >= 15 is 0 Å². The van der Waals surface area contributed by atoms with Gasteiger partial charge in [0.05, 0.1) is 5.92 Å². The average molecular weight is 366 g/mol. The van der Waals surface area contributed by atoms with Crippen LogP contribution in [0.1, 0.15) is 51.4 Å². The van der Waals surface area contributed by atoms with Gasteiger partial charge in [0.1, 0.15) is 5.78 Å². The SMILES string of the molecule is CN(C)CCCC[C@H](CC(=O)CCCCCN1C(=O)C=CC1=O)C(=O)O. The molecule has 0 fully saturated rings. The van der Waals surface area contributed by atoms with E-state index in [-0.39, 0.29) is 24.0 Å². The van der Waals surface area contributed by atoms with Crippen LogP contribution in [0.3, 0.4) is 0 Å². The van der Waals surface area contributed by atoms with E-state index in [1.54, 1.807) is 0 Å². The molecule has 0 spiro atoms. The van der Waals surface area contributed by atoms with E-state index in [1.165, 1.54) is 17.1 Å². The van der Waals surface area contributed by atoms with Gasteiger partial charge in [0.15, 0.2) is 0 Å². The average Bonchev–Trinajstić information content (AvgIpc) is 2.88. The van der Waals surface area contributed by atoms with Gasteiger partial charge in [-0.15, -0.1) is 0 Å². The van der Waals surface area contributed by atoms with Gasteiger partial charge >= 0.3 is 5.97 Å². The standard InChI is InChI=1S/C19H30N2O5/c1-20(2)12-7-5-8-15(19(25)26)14-16(22)9-4-3-6-13-21-17(23)10-11-18(21)24/h10-11,15H,3-9,12-14H2,1-2H3,(H,25,26)/t15-/m1/s1. The highest BCUT2D eigenvalue weighted by Gasteiger charge is 2.23. The van der Waals surface area contributed by atoms with E-state index in [2.05, 4.69) is 4.90 Å². The highest BCUT2D eigenvalue weighted by Crippen LogP contribution is 2.16. The molecule has 7 heteroatoms. The van der Waals surface area contributed by atoms with Crippen molar-refractivity contribution >= 4 is 23.6 Å². The number of rotatable bonds is 14. The van der Waals surface area contributed by atoms with Gasteiger partial charge in [0.25, 0.3) is 11.8 Å². The minimum Gasteiger partial charge on any atom is -0.481 e. The zero-order valence-corrected chi connectivity index (χ0v) is 15.8. The fraction of sp³-hybridized carbons (Fsp3) is 0.684. The third kappa shape index (κ3) is 8.38. The lowest BCUT2D eigenvalue weighted by atomic mass is 9.94. The Morgan fingerprint density at radius 2 is 1.69 bits per heavy atom. The van der Waals surface area contributed by atoms with Crippen molar-refractivity contribution in [3.05, 3.63) is 12.2 Å². The zero-order chi connectivity index (χ0) is 19.5. The molecular formula is C19H30N2O5. The number of carboxylic acid groups (broad SMARTS) is 1. The zero-order valence-electron chi connectivity index (χ0n) is 15.8. The maximum absolute atomic E-state index is 12.0. The van der Waals surface area contributed by atoms with Gasteiger partial charge in [-0.25, -0.2) is 0 Å². The monoisotopic (exact) mass is 366 g/mol. The third-order valence-electron chi connectivity index (χ3n) is 4.47. The van der Waals surface area contributed by atoms with Gasteiger partial charge < -0.3 is 10.0 Å². The lowest BCUT2D eigenvalue weighted by Gasteiger charge is -2.14. The van der Waals surface area contributed by atoms with Crippen molar-refractivity contribution in [3.8, 4) is 0 Å².